The molecular weight excluding hydrogens is 318 g/mol. The maximum absolute atomic E-state index is 12.3. The van der Waals surface area contributed by atoms with Crippen LogP contribution in [0, 0.1) is 17.8 Å². The molecule has 1 saturated heterocycles. The van der Waals surface area contributed by atoms with Crippen LogP contribution in [0.3, 0.4) is 0 Å². The van der Waals surface area contributed by atoms with Crippen LogP contribution in [0.5, 0.6) is 0 Å². The van der Waals surface area contributed by atoms with Gasteiger partial charge in [0, 0.05) is 31.6 Å². The third-order valence-electron chi connectivity index (χ3n) is 6.86. The van der Waals surface area contributed by atoms with Gasteiger partial charge >= 0.3 is 6.03 Å². The van der Waals surface area contributed by atoms with Gasteiger partial charge in [-0.2, -0.15) is 0 Å². The highest BCUT2D eigenvalue weighted by molar-refractivity contribution is 5.78. The molecule has 0 aromatic heterocycles. The second kappa shape index (κ2) is 6.78. The molecule has 4 aliphatic carbocycles. The van der Waals surface area contributed by atoms with Gasteiger partial charge in [0.25, 0.3) is 0 Å². The Kier molecular flexibility index (Phi) is 4.65. The Balaban J connectivity index is 1.20. The number of urea groups is 1. The molecule has 0 spiro atoms. The zero-order valence-corrected chi connectivity index (χ0v) is 15.0. The zero-order chi connectivity index (χ0) is 17.4. The lowest BCUT2D eigenvalue weighted by atomic mass is 9.53. The molecule has 1 heterocycles. The minimum absolute atomic E-state index is 0.0197. The van der Waals surface area contributed by atoms with E-state index in [1.165, 1.54) is 19.3 Å². The summed E-state index contributed by atoms with van der Waals surface area (Å²) in [6.45, 7) is 1.63. The molecule has 0 aromatic rings. The van der Waals surface area contributed by atoms with Gasteiger partial charge in [0.05, 0.1) is 6.10 Å². The third kappa shape index (κ3) is 3.78. The molecular formula is C19H31N3O3. The Hall–Kier alpha value is -1.30. The Labute approximate surface area is 149 Å². The number of aliphatic hydroxyl groups excluding tert-OH is 1. The van der Waals surface area contributed by atoms with E-state index in [2.05, 4.69) is 10.6 Å². The molecule has 5 rings (SSSR count). The number of hydrogen-bond acceptors (Lipinski definition) is 3. The number of rotatable bonds is 4. The second-order valence-corrected chi connectivity index (χ2v) is 8.94. The summed E-state index contributed by atoms with van der Waals surface area (Å²) < 4.78 is 0. The highest BCUT2D eigenvalue weighted by Gasteiger charge is 2.51. The van der Waals surface area contributed by atoms with E-state index >= 15 is 0 Å². The molecule has 4 saturated carbocycles. The molecule has 0 unspecified atom stereocenters. The van der Waals surface area contributed by atoms with Crippen LogP contribution in [0.15, 0.2) is 0 Å². The average molecular weight is 349 g/mol. The summed E-state index contributed by atoms with van der Waals surface area (Å²) in [6.07, 6.45) is 8.89. The van der Waals surface area contributed by atoms with Crippen LogP contribution < -0.4 is 10.6 Å². The Morgan fingerprint density at radius 3 is 2.12 bits per heavy atom. The molecule has 0 aromatic carbocycles. The molecule has 1 aliphatic heterocycles. The number of carbonyl (C=O) groups is 2. The quantitative estimate of drug-likeness (QED) is 0.721. The van der Waals surface area contributed by atoms with Crippen LogP contribution in [0.1, 0.15) is 57.8 Å². The topological polar surface area (TPSA) is 81.7 Å². The maximum atomic E-state index is 12.3. The fourth-order valence-corrected chi connectivity index (χ4v) is 6.11. The van der Waals surface area contributed by atoms with E-state index in [1.807, 2.05) is 0 Å². The average Bonchev–Trinajstić information content (AvgIpc) is 2.53. The van der Waals surface area contributed by atoms with Gasteiger partial charge in [0.2, 0.25) is 5.91 Å². The fraction of sp³-hybridized carbons (Fsp3) is 0.895. The van der Waals surface area contributed by atoms with Gasteiger partial charge < -0.3 is 20.6 Å². The molecule has 3 amide bonds. The van der Waals surface area contributed by atoms with Crippen LogP contribution in [-0.2, 0) is 4.79 Å². The molecule has 4 bridgehead atoms. The maximum Gasteiger partial charge on any atom is 0.315 e. The van der Waals surface area contributed by atoms with Crippen molar-refractivity contribution >= 4 is 11.9 Å². The van der Waals surface area contributed by atoms with Crippen molar-refractivity contribution in [3.8, 4) is 0 Å². The monoisotopic (exact) mass is 349 g/mol. The second-order valence-electron chi connectivity index (χ2n) is 8.94. The van der Waals surface area contributed by atoms with Gasteiger partial charge in [0.15, 0.2) is 0 Å². The molecule has 6 heteroatoms. The van der Waals surface area contributed by atoms with E-state index in [0.717, 1.165) is 37.0 Å². The fourth-order valence-electron chi connectivity index (χ4n) is 6.11. The summed E-state index contributed by atoms with van der Waals surface area (Å²) in [4.78, 5) is 26.3. The summed E-state index contributed by atoms with van der Waals surface area (Å²) in [7, 11) is 0. The predicted molar refractivity (Wildman–Crippen MR) is 93.9 cm³/mol. The summed E-state index contributed by atoms with van der Waals surface area (Å²) in [5.41, 5.74) is 0.0197. The zero-order valence-electron chi connectivity index (χ0n) is 15.0. The summed E-state index contributed by atoms with van der Waals surface area (Å²) in [5.74, 6) is 2.50. The van der Waals surface area contributed by atoms with Crippen LogP contribution in [0.4, 0.5) is 4.79 Å². The van der Waals surface area contributed by atoms with Crippen molar-refractivity contribution in [1.82, 2.24) is 15.5 Å². The lowest BCUT2D eigenvalue weighted by Gasteiger charge is -2.56. The third-order valence-corrected chi connectivity index (χ3v) is 6.86. The Bertz CT molecular complexity index is 493. The Morgan fingerprint density at radius 2 is 1.56 bits per heavy atom. The first kappa shape index (κ1) is 17.1. The number of carbonyl (C=O) groups excluding carboxylic acids is 2. The largest absolute Gasteiger partial charge is 0.393 e. The molecule has 0 atom stereocenters. The Morgan fingerprint density at radius 1 is 1.00 bits per heavy atom. The molecule has 5 fully saturated rings. The van der Waals surface area contributed by atoms with Crippen molar-refractivity contribution in [3.63, 3.8) is 0 Å². The van der Waals surface area contributed by atoms with E-state index < -0.39 is 0 Å². The number of piperidine rings is 1. The summed E-state index contributed by atoms with van der Waals surface area (Å²) in [5, 5.41) is 15.7. The summed E-state index contributed by atoms with van der Waals surface area (Å²) >= 11 is 0. The SMILES string of the molecule is O=C(NCCC(=O)N1CCC(O)CC1)NC12CC3CC(CC(C3)C1)C2. The standard InChI is InChI=1S/C19H31N3O3/c23-16-2-5-22(6-3-16)17(24)1-4-20-18(25)21-19-10-13-7-14(11-19)9-15(8-13)12-19/h13-16,23H,1-12H2,(H2,20,21,25). The number of nitrogens with zero attached hydrogens (tertiary/aromatic N) is 1. The van der Waals surface area contributed by atoms with Crippen molar-refractivity contribution in [1.29, 1.82) is 0 Å². The first-order chi connectivity index (χ1) is 12.0. The van der Waals surface area contributed by atoms with Crippen molar-refractivity contribution < 1.29 is 14.7 Å². The van der Waals surface area contributed by atoms with Crippen LogP contribution in [-0.4, -0.2) is 53.2 Å². The number of likely N-dealkylation sites (tertiary alicyclic amines) is 1. The van der Waals surface area contributed by atoms with E-state index in [-0.39, 0.29) is 23.6 Å². The first-order valence-corrected chi connectivity index (χ1v) is 10.0. The van der Waals surface area contributed by atoms with Crippen molar-refractivity contribution in [2.75, 3.05) is 19.6 Å². The van der Waals surface area contributed by atoms with Gasteiger partial charge in [-0.15, -0.1) is 0 Å². The molecule has 140 valence electrons. The van der Waals surface area contributed by atoms with E-state index in [4.69, 9.17) is 0 Å². The minimum atomic E-state index is -0.270. The van der Waals surface area contributed by atoms with E-state index in [9.17, 15) is 14.7 Å². The highest BCUT2D eigenvalue weighted by Crippen LogP contribution is 2.55. The van der Waals surface area contributed by atoms with Gasteiger partial charge in [0.1, 0.15) is 0 Å². The van der Waals surface area contributed by atoms with Gasteiger partial charge in [-0.05, 0) is 69.1 Å². The van der Waals surface area contributed by atoms with Gasteiger partial charge in [-0.1, -0.05) is 0 Å². The highest BCUT2D eigenvalue weighted by atomic mass is 16.3. The smallest absolute Gasteiger partial charge is 0.315 e. The predicted octanol–water partition coefficient (Wildman–Crippen LogP) is 1.63. The molecule has 6 nitrogen and oxygen atoms in total. The van der Waals surface area contributed by atoms with Crippen LogP contribution in [0.25, 0.3) is 0 Å². The minimum Gasteiger partial charge on any atom is -0.393 e. The lowest BCUT2D eigenvalue weighted by molar-refractivity contribution is -0.133. The van der Waals surface area contributed by atoms with Crippen LogP contribution >= 0.6 is 0 Å². The van der Waals surface area contributed by atoms with Crippen molar-refractivity contribution in [2.45, 2.75) is 69.4 Å². The summed E-state index contributed by atoms with van der Waals surface area (Å²) in [6, 6.07) is -0.108. The number of amides is 3. The lowest BCUT2D eigenvalue weighted by Crippen LogP contribution is -2.61. The van der Waals surface area contributed by atoms with E-state index in [1.54, 1.807) is 4.90 Å². The van der Waals surface area contributed by atoms with Crippen LogP contribution in [0.2, 0.25) is 0 Å². The molecule has 25 heavy (non-hydrogen) atoms. The normalized spacial score (nSPS) is 37.2. The first-order valence-electron chi connectivity index (χ1n) is 10.0. The van der Waals surface area contributed by atoms with Gasteiger partial charge in [-0.25, -0.2) is 4.79 Å². The number of nitrogens with one attached hydrogen (secondary N) is 2. The number of hydrogen-bond donors (Lipinski definition) is 3. The van der Waals surface area contributed by atoms with Gasteiger partial charge in [-0.3, -0.25) is 4.79 Å². The van der Waals surface area contributed by atoms with Crippen molar-refractivity contribution in [2.24, 2.45) is 17.8 Å². The van der Waals surface area contributed by atoms with Crippen molar-refractivity contribution in [3.05, 3.63) is 0 Å². The molecule has 0 radical (unpaired) electrons. The molecule has 3 N–H and O–H groups in total. The molecule has 5 aliphatic rings. The van der Waals surface area contributed by atoms with E-state index in [0.29, 0.717) is 38.9 Å². The number of aliphatic hydroxyl groups is 1.